The second-order valence-corrected chi connectivity index (χ2v) is 4.51. The SMILES string of the molecule is NC(=O)c1cc(F)c(N=Nc2c(F)cc(C(N)=O)cc2F)c(F)c1. The Bertz CT molecular complexity index is 766. The van der Waals surface area contributed by atoms with Gasteiger partial charge in [0.1, 0.15) is 0 Å². The maximum atomic E-state index is 13.7. The average Bonchev–Trinajstić information content (AvgIpc) is 2.47. The Morgan fingerprint density at radius 2 is 0.917 bits per heavy atom. The molecule has 0 fully saturated rings. The minimum absolute atomic E-state index is 0.452. The maximum absolute atomic E-state index is 13.7. The van der Waals surface area contributed by atoms with Crippen LogP contribution >= 0.6 is 0 Å². The van der Waals surface area contributed by atoms with Crippen molar-refractivity contribution in [2.75, 3.05) is 0 Å². The summed E-state index contributed by atoms with van der Waals surface area (Å²) in [4.78, 5) is 21.7. The highest BCUT2D eigenvalue weighted by Crippen LogP contribution is 2.29. The van der Waals surface area contributed by atoms with Crippen LogP contribution in [-0.4, -0.2) is 11.8 Å². The quantitative estimate of drug-likeness (QED) is 0.659. The molecule has 10 heteroatoms. The molecule has 0 aliphatic carbocycles. The van der Waals surface area contributed by atoms with E-state index in [1.807, 2.05) is 0 Å². The van der Waals surface area contributed by atoms with E-state index in [9.17, 15) is 27.2 Å². The number of hydrogen-bond donors (Lipinski definition) is 2. The topological polar surface area (TPSA) is 111 Å². The molecule has 0 saturated carbocycles. The van der Waals surface area contributed by atoms with Crippen molar-refractivity contribution in [2.45, 2.75) is 0 Å². The molecule has 0 unspecified atom stereocenters. The van der Waals surface area contributed by atoms with Gasteiger partial charge >= 0.3 is 0 Å². The van der Waals surface area contributed by atoms with E-state index < -0.39 is 57.6 Å². The van der Waals surface area contributed by atoms with Gasteiger partial charge in [0, 0.05) is 11.1 Å². The summed E-state index contributed by atoms with van der Waals surface area (Å²) in [6.07, 6.45) is 0. The third-order valence-electron chi connectivity index (χ3n) is 2.85. The minimum atomic E-state index is -1.30. The number of carbonyl (C=O) groups is 2. The van der Waals surface area contributed by atoms with Crippen molar-refractivity contribution in [1.82, 2.24) is 0 Å². The Balaban J connectivity index is 2.46. The van der Waals surface area contributed by atoms with Crippen LogP contribution in [-0.2, 0) is 0 Å². The number of carbonyl (C=O) groups excluding carboxylic acids is 2. The monoisotopic (exact) mass is 340 g/mol. The van der Waals surface area contributed by atoms with E-state index in [2.05, 4.69) is 10.2 Å². The number of rotatable bonds is 4. The van der Waals surface area contributed by atoms with Crippen LogP contribution in [0.15, 0.2) is 34.5 Å². The van der Waals surface area contributed by atoms with E-state index in [1.54, 1.807) is 0 Å². The third kappa shape index (κ3) is 3.37. The number of primary amides is 2. The van der Waals surface area contributed by atoms with Crippen LogP contribution in [0.25, 0.3) is 0 Å². The summed E-state index contributed by atoms with van der Waals surface area (Å²) in [5.74, 6) is -7.36. The highest BCUT2D eigenvalue weighted by Gasteiger charge is 2.16. The number of amides is 2. The zero-order valence-electron chi connectivity index (χ0n) is 11.7. The van der Waals surface area contributed by atoms with Gasteiger partial charge in [-0.2, -0.15) is 0 Å². The van der Waals surface area contributed by atoms with Crippen LogP contribution in [0.2, 0.25) is 0 Å². The van der Waals surface area contributed by atoms with Gasteiger partial charge in [-0.3, -0.25) is 9.59 Å². The zero-order valence-corrected chi connectivity index (χ0v) is 11.7. The van der Waals surface area contributed by atoms with Crippen molar-refractivity contribution in [2.24, 2.45) is 21.7 Å². The lowest BCUT2D eigenvalue weighted by Gasteiger charge is -2.03. The molecule has 0 bridgehead atoms. The Morgan fingerprint density at radius 3 is 1.12 bits per heavy atom. The van der Waals surface area contributed by atoms with Gasteiger partial charge in [-0.25, -0.2) is 17.6 Å². The van der Waals surface area contributed by atoms with Gasteiger partial charge in [0.15, 0.2) is 34.6 Å². The van der Waals surface area contributed by atoms with Gasteiger partial charge in [0.25, 0.3) is 0 Å². The molecule has 0 aromatic heterocycles. The molecule has 0 radical (unpaired) electrons. The van der Waals surface area contributed by atoms with E-state index in [1.165, 1.54) is 0 Å². The lowest BCUT2D eigenvalue weighted by Crippen LogP contribution is -2.11. The highest BCUT2D eigenvalue weighted by atomic mass is 19.1. The molecule has 2 aromatic rings. The highest BCUT2D eigenvalue weighted by molar-refractivity contribution is 5.93. The van der Waals surface area contributed by atoms with E-state index in [0.29, 0.717) is 24.3 Å². The molecule has 2 aromatic carbocycles. The van der Waals surface area contributed by atoms with Crippen molar-refractivity contribution in [1.29, 1.82) is 0 Å². The fourth-order valence-electron chi connectivity index (χ4n) is 1.71. The molecule has 4 N–H and O–H groups in total. The molecular weight excluding hydrogens is 332 g/mol. The predicted molar refractivity (Wildman–Crippen MR) is 73.9 cm³/mol. The molecule has 124 valence electrons. The number of azo groups is 1. The molecule has 0 spiro atoms. The Labute approximate surface area is 131 Å². The summed E-state index contributed by atoms with van der Waals surface area (Å²) < 4.78 is 54.8. The van der Waals surface area contributed by atoms with Gasteiger partial charge in [-0.05, 0) is 24.3 Å². The molecule has 0 aliphatic rings. The van der Waals surface area contributed by atoms with Crippen LogP contribution < -0.4 is 11.5 Å². The Hall–Kier alpha value is -3.30. The van der Waals surface area contributed by atoms with Crippen molar-refractivity contribution < 1.29 is 27.2 Å². The number of nitrogens with two attached hydrogens (primary N) is 2. The fourth-order valence-corrected chi connectivity index (χ4v) is 1.71. The number of halogens is 4. The molecule has 2 rings (SSSR count). The summed E-state index contributed by atoms with van der Waals surface area (Å²) in [7, 11) is 0. The first-order valence-electron chi connectivity index (χ1n) is 6.20. The zero-order chi connectivity index (χ0) is 18.0. The minimum Gasteiger partial charge on any atom is -0.366 e. The summed E-state index contributed by atoms with van der Waals surface area (Å²) in [5, 5.41) is 6.20. The van der Waals surface area contributed by atoms with Crippen molar-refractivity contribution in [3.05, 3.63) is 58.7 Å². The lowest BCUT2D eigenvalue weighted by atomic mass is 10.2. The summed E-state index contributed by atoms with van der Waals surface area (Å²) in [6.45, 7) is 0. The van der Waals surface area contributed by atoms with Gasteiger partial charge in [-0.15, -0.1) is 10.2 Å². The van der Waals surface area contributed by atoms with E-state index in [-0.39, 0.29) is 0 Å². The maximum Gasteiger partial charge on any atom is 0.248 e. The summed E-state index contributed by atoms with van der Waals surface area (Å²) in [6, 6.07) is 2.40. The van der Waals surface area contributed by atoms with Crippen LogP contribution in [0.3, 0.4) is 0 Å². The van der Waals surface area contributed by atoms with Crippen molar-refractivity contribution in [3.63, 3.8) is 0 Å². The lowest BCUT2D eigenvalue weighted by molar-refractivity contribution is 0.0991. The normalized spacial score (nSPS) is 11.0. The molecule has 0 aliphatic heterocycles. The molecule has 0 saturated heterocycles. The van der Waals surface area contributed by atoms with Gasteiger partial charge in [-0.1, -0.05) is 0 Å². The third-order valence-corrected chi connectivity index (χ3v) is 2.85. The molecule has 6 nitrogen and oxygen atoms in total. The second-order valence-electron chi connectivity index (χ2n) is 4.51. The summed E-state index contributed by atoms with van der Waals surface area (Å²) in [5.41, 5.74) is 6.91. The Kier molecular flexibility index (Phi) is 4.58. The van der Waals surface area contributed by atoms with Crippen molar-refractivity contribution in [3.8, 4) is 0 Å². The van der Waals surface area contributed by atoms with E-state index >= 15 is 0 Å². The first-order valence-corrected chi connectivity index (χ1v) is 6.20. The summed E-state index contributed by atoms with van der Waals surface area (Å²) >= 11 is 0. The molecular formula is C14H8F4N4O2. The van der Waals surface area contributed by atoms with Gasteiger partial charge < -0.3 is 11.5 Å². The first kappa shape index (κ1) is 17.1. The van der Waals surface area contributed by atoms with E-state index in [4.69, 9.17) is 11.5 Å². The number of hydrogen-bond acceptors (Lipinski definition) is 4. The molecule has 0 atom stereocenters. The predicted octanol–water partition coefficient (Wildman–Crippen LogP) is 2.86. The number of benzene rings is 2. The van der Waals surface area contributed by atoms with E-state index in [0.717, 1.165) is 0 Å². The van der Waals surface area contributed by atoms with Crippen LogP contribution in [0.5, 0.6) is 0 Å². The standard InChI is InChI=1S/C14H8F4N4O2/c15-7-1-5(13(19)23)2-8(16)11(7)21-22-12-9(17)3-6(14(20)24)4-10(12)18/h1-4H,(H2,19,23)(H2,20,24). The first-order chi connectivity index (χ1) is 11.2. The number of nitrogens with zero attached hydrogens (tertiary/aromatic N) is 2. The van der Waals surface area contributed by atoms with Crippen LogP contribution in [0.4, 0.5) is 28.9 Å². The fraction of sp³-hybridized carbons (Fsp3) is 0. The van der Waals surface area contributed by atoms with Gasteiger partial charge in [0.05, 0.1) is 0 Å². The second kappa shape index (κ2) is 6.44. The molecule has 24 heavy (non-hydrogen) atoms. The van der Waals surface area contributed by atoms with Crippen LogP contribution in [0, 0.1) is 23.3 Å². The van der Waals surface area contributed by atoms with Gasteiger partial charge in [0.2, 0.25) is 11.8 Å². The molecule has 0 heterocycles. The van der Waals surface area contributed by atoms with Crippen molar-refractivity contribution >= 4 is 23.2 Å². The smallest absolute Gasteiger partial charge is 0.248 e. The average molecular weight is 340 g/mol. The van der Waals surface area contributed by atoms with Crippen LogP contribution in [0.1, 0.15) is 20.7 Å². The largest absolute Gasteiger partial charge is 0.366 e. The molecule has 2 amide bonds. The Morgan fingerprint density at radius 1 is 0.667 bits per heavy atom.